The Morgan fingerprint density at radius 2 is 2.12 bits per heavy atom. The number of hydrogen-bond donors (Lipinski definition) is 1. The second-order valence-corrected chi connectivity index (χ2v) is 5.61. The van der Waals surface area contributed by atoms with Crippen LogP contribution >= 0.6 is 12.2 Å². The molecule has 2 unspecified atom stereocenters. The van der Waals surface area contributed by atoms with Gasteiger partial charge in [-0.15, -0.1) is 0 Å². The summed E-state index contributed by atoms with van der Waals surface area (Å²) in [4.78, 5) is 3.15. The molecule has 0 aromatic rings. The first-order valence-corrected chi connectivity index (χ1v) is 6.74. The molecule has 0 aromatic heterocycles. The van der Waals surface area contributed by atoms with Crippen LogP contribution in [0.4, 0.5) is 0 Å². The van der Waals surface area contributed by atoms with E-state index in [9.17, 15) is 0 Å². The summed E-state index contributed by atoms with van der Waals surface area (Å²) in [5, 5.41) is 0. The standard InChI is InChI=1S/C12H22N2OS/c1-9-2-5-11(15-9)8-14(10-3-4-10)7-6-12(13)16/h9-11H,2-8H2,1H3,(H2,13,16). The summed E-state index contributed by atoms with van der Waals surface area (Å²) >= 11 is 4.94. The van der Waals surface area contributed by atoms with E-state index in [1.807, 2.05) is 0 Å². The van der Waals surface area contributed by atoms with Crippen LogP contribution in [-0.4, -0.2) is 41.2 Å². The maximum Gasteiger partial charge on any atom is 0.0740 e. The minimum Gasteiger partial charge on any atom is -0.393 e. The molecular formula is C12H22N2OS. The second kappa shape index (κ2) is 5.43. The van der Waals surface area contributed by atoms with Crippen molar-refractivity contribution in [3.63, 3.8) is 0 Å². The molecule has 2 aliphatic rings. The van der Waals surface area contributed by atoms with Gasteiger partial charge in [-0.25, -0.2) is 0 Å². The molecule has 16 heavy (non-hydrogen) atoms. The fourth-order valence-electron chi connectivity index (χ4n) is 2.40. The Bertz CT molecular complexity index is 255. The molecule has 1 aliphatic carbocycles. The predicted molar refractivity (Wildman–Crippen MR) is 69.6 cm³/mol. The number of nitrogens with two attached hydrogens (primary N) is 1. The first-order chi connectivity index (χ1) is 7.65. The summed E-state index contributed by atoms with van der Waals surface area (Å²) in [6.45, 7) is 4.24. The summed E-state index contributed by atoms with van der Waals surface area (Å²) in [6, 6.07) is 0.772. The van der Waals surface area contributed by atoms with Crippen LogP contribution in [0.15, 0.2) is 0 Å². The number of thiocarbonyl (C=S) groups is 1. The van der Waals surface area contributed by atoms with Crippen LogP contribution in [0.3, 0.4) is 0 Å². The number of nitrogens with zero attached hydrogens (tertiary/aromatic N) is 1. The highest BCUT2D eigenvalue weighted by atomic mass is 32.1. The molecule has 2 atom stereocenters. The summed E-state index contributed by atoms with van der Waals surface area (Å²) in [7, 11) is 0. The molecule has 2 N–H and O–H groups in total. The van der Waals surface area contributed by atoms with E-state index in [0.29, 0.717) is 17.2 Å². The van der Waals surface area contributed by atoms with Crippen molar-refractivity contribution in [1.82, 2.24) is 4.90 Å². The Labute approximate surface area is 103 Å². The molecule has 3 nitrogen and oxygen atoms in total. The summed E-state index contributed by atoms with van der Waals surface area (Å²) in [5.41, 5.74) is 5.57. The zero-order chi connectivity index (χ0) is 11.5. The molecule has 1 heterocycles. The first kappa shape index (κ1) is 12.3. The third-order valence-corrected chi connectivity index (χ3v) is 3.67. The summed E-state index contributed by atoms with van der Waals surface area (Å²) in [6.07, 6.45) is 6.80. The molecule has 92 valence electrons. The van der Waals surface area contributed by atoms with E-state index in [1.165, 1.54) is 25.7 Å². The van der Waals surface area contributed by atoms with Gasteiger partial charge in [0.1, 0.15) is 0 Å². The second-order valence-electron chi connectivity index (χ2n) is 5.09. The van der Waals surface area contributed by atoms with Crippen LogP contribution in [0.25, 0.3) is 0 Å². The molecule has 0 bridgehead atoms. The minimum absolute atomic E-state index is 0.432. The highest BCUT2D eigenvalue weighted by Gasteiger charge is 2.32. The molecule has 1 saturated heterocycles. The van der Waals surface area contributed by atoms with Gasteiger partial charge < -0.3 is 10.5 Å². The van der Waals surface area contributed by atoms with Crippen LogP contribution in [0.2, 0.25) is 0 Å². The smallest absolute Gasteiger partial charge is 0.0740 e. The largest absolute Gasteiger partial charge is 0.393 e. The number of rotatable bonds is 6. The monoisotopic (exact) mass is 242 g/mol. The lowest BCUT2D eigenvalue weighted by atomic mass is 10.2. The Kier molecular flexibility index (Phi) is 4.16. The average Bonchev–Trinajstić information content (AvgIpc) is 2.98. The van der Waals surface area contributed by atoms with Gasteiger partial charge in [0, 0.05) is 25.6 Å². The van der Waals surface area contributed by atoms with E-state index in [4.69, 9.17) is 22.7 Å². The van der Waals surface area contributed by atoms with Gasteiger partial charge in [0.05, 0.1) is 17.2 Å². The quantitative estimate of drug-likeness (QED) is 0.720. The maximum atomic E-state index is 5.87. The maximum absolute atomic E-state index is 5.87. The topological polar surface area (TPSA) is 38.5 Å². The van der Waals surface area contributed by atoms with Gasteiger partial charge in [-0.1, -0.05) is 12.2 Å². The lowest BCUT2D eigenvalue weighted by molar-refractivity contribution is 0.0302. The molecule has 1 aliphatic heterocycles. The molecule has 1 saturated carbocycles. The van der Waals surface area contributed by atoms with Gasteiger partial charge in [0.2, 0.25) is 0 Å². The van der Waals surface area contributed by atoms with Crippen molar-refractivity contribution < 1.29 is 4.74 Å². The molecule has 0 radical (unpaired) electrons. The van der Waals surface area contributed by atoms with E-state index in [2.05, 4.69) is 11.8 Å². The molecule has 2 rings (SSSR count). The van der Waals surface area contributed by atoms with E-state index in [0.717, 1.165) is 25.6 Å². The van der Waals surface area contributed by atoms with Gasteiger partial charge in [0.15, 0.2) is 0 Å². The Hall–Kier alpha value is -0.190. The zero-order valence-corrected chi connectivity index (χ0v) is 10.8. The van der Waals surface area contributed by atoms with Gasteiger partial charge in [-0.05, 0) is 32.6 Å². The lowest BCUT2D eigenvalue weighted by Gasteiger charge is -2.25. The highest BCUT2D eigenvalue weighted by molar-refractivity contribution is 7.80. The third-order valence-electron chi connectivity index (χ3n) is 3.47. The first-order valence-electron chi connectivity index (χ1n) is 6.33. The summed E-state index contributed by atoms with van der Waals surface area (Å²) < 4.78 is 5.87. The van der Waals surface area contributed by atoms with Crippen molar-refractivity contribution in [2.75, 3.05) is 13.1 Å². The zero-order valence-electron chi connectivity index (χ0n) is 10.0. The SMILES string of the molecule is CC1CCC(CN(CCC(N)=S)C2CC2)O1. The molecule has 4 heteroatoms. The predicted octanol–water partition coefficient (Wildman–Crippen LogP) is 1.69. The van der Waals surface area contributed by atoms with Crippen LogP contribution in [0.5, 0.6) is 0 Å². The van der Waals surface area contributed by atoms with Gasteiger partial charge in [-0.2, -0.15) is 0 Å². The van der Waals surface area contributed by atoms with Crippen molar-refractivity contribution in [2.45, 2.75) is 57.3 Å². The Morgan fingerprint density at radius 3 is 2.62 bits per heavy atom. The van der Waals surface area contributed by atoms with Crippen LogP contribution in [0, 0.1) is 0 Å². The molecule has 0 spiro atoms. The van der Waals surface area contributed by atoms with Gasteiger partial charge in [0.25, 0.3) is 0 Å². The van der Waals surface area contributed by atoms with Gasteiger partial charge >= 0.3 is 0 Å². The molecule has 0 amide bonds. The van der Waals surface area contributed by atoms with Crippen molar-refractivity contribution >= 4 is 17.2 Å². The van der Waals surface area contributed by atoms with Crippen LogP contribution in [0.1, 0.15) is 39.0 Å². The van der Waals surface area contributed by atoms with Crippen molar-refractivity contribution in [2.24, 2.45) is 5.73 Å². The number of ether oxygens (including phenoxy) is 1. The fraction of sp³-hybridized carbons (Fsp3) is 0.917. The van der Waals surface area contributed by atoms with Gasteiger partial charge in [-0.3, -0.25) is 4.90 Å². The van der Waals surface area contributed by atoms with Crippen molar-refractivity contribution in [1.29, 1.82) is 0 Å². The lowest BCUT2D eigenvalue weighted by Crippen LogP contribution is -2.36. The van der Waals surface area contributed by atoms with E-state index in [-0.39, 0.29) is 0 Å². The van der Waals surface area contributed by atoms with E-state index in [1.54, 1.807) is 0 Å². The Balaban J connectivity index is 1.76. The Morgan fingerprint density at radius 1 is 1.38 bits per heavy atom. The third kappa shape index (κ3) is 3.68. The van der Waals surface area contributed by atoms with Crippen molar-refractivity contribution in [3.05, 3.63) is 0 Å². The van der Waals surface area contributed by atoms with Crippen LogP contribution in [-0.2, 0) is 4.74 Å². The van der Waals surface area contributed by atoms with E-state index >= 15 is 0 Å². The van der Waals surface area contributed by atoms with Crippen LogP contribution < -0.4 is 5.73 Å². The van der Waals surface area contributed by atoms with Crippen molar-refractivity contribution in [3.8, 4) is 0 Å². The molecule has 0 aromatic carbocycles. The normalized spacial score (nSPS) is 29.9. The molecular weight excluding hydrogens is 220 g/mol. The average molecular weight is 242 g/mol. The highest BCUT2D eigenvalue weighted by Crippen LogP contribution is 2.29. The molecule has 2 fully saturated rings. The fourth-order valence-corrected chi connectivity index (χ4v) is 2.49. The number of hydrogen-bond acceptors (Lipinski definition) is 3. The minimum atomic E-state index is 0.432. The van der Waals surface area contributed by atoms with E-state index < -0.39 is 0 Å². The summed E-state index contributed by atoms with van der Waals surface area (Å²) in [5.74, 6) is 0.